The monoisotopic (exact) mass is 295 g/mol. The Labute approximate surface area is 126 Å². The summed E-state index contributed by atoms with van der Waals surface area (Å²) in [5.74, 6) is -0.232. The number of aromatic nitrogens is 1. The summed E-state index contributed by atoms with van der Waals surface area (Å²) in [6, 6.07) is 10.9. The first-order valence-corrected chi connectivity index (χ1v) is 7.41. The maximum Gasteiger partial charge on any atom is 0.253 e. The maximum atomic E-state index is 12.5. The summed E-state index contributed by atoms with van der Waals surface area (Å²) < 4.78 is 1.97. The minimum absolute atomic E-state index is 0.232. The van der Waals surface area contributed by atoms with Crippen molar-refractivity contribution in [1.82, 2.24) is 9.88 Å². The minimum Gasteiger partial charge on any atom is -0.351 e. The summed E-state index contributed by atoms with van der Waals surface area (Å²) in [6.07, 6.45) is 1.92. The van der Waals surface area contributed by atoms with Gasteiger partial charge in [-0.05, 0) is 40.6 Å². The number of nitrogens with zero attached hydrogens (tertiary/aromatic N) is 2. The average molecular weight is 295 g/mol. The molecule has 0 spiro atoms. The van der Waals surface area contributed by atoms with Crippen LogP contribution >= 0.6 is 11.3 Å². The molecule has 104 valence electrons. The summed E-state index contributed by atoms with van der Waals surface area (Å²) in [6.45, 7) is 0. The molecule has 21 heavy (non-hydrogen) atoms. The van der Waals surface area contributed by atoms with Crippen molar-refractivity contribution in [3.63, 3.8) is 0 Å². The highest BCUT2D eigenvalue weighted by molar-refractivity contribution is 7.08. The summed E-state index contributed by atoms with van der Waals surface area (Å²) in [5, 5.41) is 16.7. The van der Waals surface area contributed by atoms with E-state index >= 15 is 0 Å². The summed E-state index contributed by atoms with van der Waals surface area (Å²) in [4.78, 5) is 12.5. The van der Waals surface area contributed by atoms with E-state index < -0.39 is 6.04 Å². The highest BCUT2D eigenvalue weighted by atomic mass is 32.1. The molecule has 0 fully saturated rings. The summed E-state index contributed by atoms with van der Waals surface area (Å²) in [7, 11) is 1.94. The molecule has 0 radical (unpaired) electrons. The van der Waals surface area contributed by atoms with Gasteiger partial charge in [-0.3, -0.25) is 4.79 Å². The van der Waals surface area contributed by atoms with E-state index in [9.17, 15) is 10.1 Å². The number of amides is 1. The van der Waals surface area contributed by atoms with Crippen molar-refractivity contribution in [3.05, 3.63) is 58.4 Å². The van der Waals surface area contributed by atoms with Crippen LogP contribution in [0.5, 0.6) is 0 Å². The van der Waals surface area contributed by atoms with Gasteiger partial charge in [-0.1, -0.05) is 6.07 Å². The molecular formula is C16H13N3OS. The molecule has 2 heterocycles. The van der Waals surface area contributed by atoms with Crippen LogP contribution in [0.25, 0.3) is 10.9 Å². The zero-order chi connectivity index (χ0) is 14.8. The Balaban J connectivity index is 1.93. The van der Waals surface area contributed by atoms with Gasteiger partial charge in [0, 0.05) is 29.7 Å². The number of nitriles is 1. The molecule has 1 atom stereocenters. The maximum absolute atomic E-state index is 12.5. The number of thiophene rings is 1. The Hall–Kier alpha value is -2.58. The van der Waals surface area contributed by atoms with Crippen molar-refractivity contribution >= 4 is 28.1 Å². The third-order valence-corrected chi connectivity index (χ3v) is 4.16. The molecule has 0 aliphatic heterocycles. The van der Waals surface area contributed by atoms with Gasteiger partial charge in [0.05, 0.1) is 6.07 Å². The third kappa shape index (κ3) is 2.41. The SMILES string of the molecule is Cn1ccc2c(C(=O)N[C@H](C#N)c3ccsc3)cccc21. The Morgan fingerprint density at radius 1 is 1.38 bits per heavy atom. The first-order chi connectivity index (χ1) is 10.2. The number of rotatable bonds is 3. The van der Waals surface area contributed by atoms with Crippen LogP contribution in [0.4, 0.5) is 0 Å². The van der Waals surface area contributed by atoms with Gasteiger partial charge in [-0.15, -0.1) is 0 Å². The van der Waals surface area contributed by atoms with Crippen molar-refractivity contribution in [3.8, 4) is 6.07 Å². The number of hydrogen-bond donors (Lipinski definition) is 1. The van der Waals surface area contributed by atoms with Crippen LogP contribution in [-0.2, 0) is 7.05 Å². The number of fused-ring (bicyclic) bond motifs is 1. The number of carbonyl (C=O) groups is 1. The molecule has 0 saturated carbocycles. The lowest BCUT2D eigenvalue weighted by Gasteiger charge is -2.11. The molecule has 1 aromatic carbocycles. The lowest BCUT2D eigenvalue weighted by molar-refractivity contribution is 0.0947. The van der Waals surface area contributed by atoms with E-state index in [1.807, 2.05) is 52.8 Å². The second-order valence-corrected chi connectivity index (χ2v) is 5.54. The Morgan fingerprint density at radius 3 is 2.95 bits per heavy atom. The predicted octanol–water partition coefficient (Wildman–Crippen LogP) is 3.23. The van der Waals surface area contributed by atoms with Gasteiger partial charge in [-0.25, -0.2) is 0 Å². The Kier molecular flexibility index (Phi) is 3.46. The van der Waals surface area contributed by atoms with E-state index in [0.29, 0.717) is 5.56 Å². The molecule has 4 nitrogen and oxygen atoms in total. The zero-order valence-electron chi connectivity index (χ0n) is 11.4. The number of hydrogen-bond acceptors (Lipinski definition) is 3. The van der Waals surface area contributed by atoms with Crippen LogP contribution in [0.3, 0.4) is 0 Å². The van der Waals surface area contributed by atoms with E-state index in [1.54, 1.807) is 6.07 Å². The van der Waals surface area contributed by atoms with Crippen LogP contribution in [0.15, 0.2) is 47.3 Å². The zero-order valence-corrected chi connectivity index (χ0v) is 12.2. The van der Waals surface area contributed by atoms with Crippen molar-refractivity contribution in [2.45, 2.75) is 6.04 Å². The number of nitrogens with one attached hydrogen (secondary N) is 1. The van der Waals surface area contributed by atoms with Crippen LogP contribution in [0.1, 0.15) is 22.0 Å². The van der Waals surface area contributed by atoms with Gasteiger partial charge in [0.1, 0.15) is 6.04 Å². The van der Waals surface area contributed by atoms with Crippen molar-refractivity contribution in [1.29, 1.82) is 5.26 Å². The fourth-order valence-corrected chi connectivity index (χ4v) is 3.02. The number of benzene rings is 1. The second kappa shape index (κ2) is 5.43. The largest absolute Gasteiger partial charge is 0.351 e. The van der Waals surface area contributed by atoms with Crippen LogP contribution in [0, 0.1) is 11.3 Å². The van der Waals surface area contributed by atoms with Gasteiger partial charge in [0.25, 0.3) is 5.91 Å². The standard InChI is InChI=1S/C16H13N3OS/c1-19-7-5-12-13(3-2-4-15(12)19)16(20)18-14(9-17)11-6-8-21-10-11/h2-8,10,14H,1H3,(H,18,20)/t14-/m1/s1. The first-order valence-electron chi connectivity index (χ1n) is 6.47. The molecule has 3 rings (SSSR count). The molecule has 2 aromatic heterocycles. The van der Waals surface area contributed by atoms with Gasteiger partial charge >= 0.3 is 0 Å². The van der Waals surface area contributed by atoms with Crippen LogP contribution in [0.2, 0.25) is 0 Å². The molecule has 0 aliphatic rings. The molecular weight excluding hydrogens is 282 g/mol. The van der Waals surface area contributed by atoms with E-state index in [0.717, 1.165) is 16.5 Å². The van der Waals surface area contributed by atoms with E-state index in [1.165, 1.54) is 11.3 Å². The van der Waals surface area contributed by atoms with Crippen LogP contribution in [-0.4, -0.2) is 10.5 Å². The van der Waals surface area contributed by atoms with Crippen LogP contribution < -0.4 is 5.32 Å². The van der Waals surface area contributed by atoms with Crippen molar-refractivity contribution in [2.75, 3.05) is 0 Å². The molecule has 0 unspecified atom stereocenters. The van der Waals surface area contributed by atoms with E-state index in [4.69, 9.17) is 0 Å². The quantitative estimate of drug-likeness (QED) is 0.806. The molecule has 1 amide bonds. The topological polar surface area (TPSA) is 57.8 Å². The number of carbonyl (C=O) groups excluding carboxylic acids is 1. The Bertz CT molecular complexity index is 827. The molecule has 0 aliphatic carbocycles. The van der Waals surface area contributed by atoms with E-state index in [-0.39, 0.29) is 5.91 Å². The van der Waals surface area contributed by atoms with Crippen molar-refractivity contribution < 1.29 is 4.79 Å². The lowest BCUT2D eigenvalue weighted by Crippen LogP contribution is -2.27. The molecule has 1 N–H and O–H groups in total. The minimum atomic E-state index is -0.622. The Morgan fingerprint density at radius 2 is 2.24 bits per heavy atom. The van der Waals surface area contributed by atoms with Gasteiger partial charge in [0.15, 0.2) is 0 Å². The summed E-state index contributed by atoms with van der Waals surface area (Å²) in [5.41, 5.74) is 2.39. The normalized spacial score (nSPS) is 12.0. The third-order valence-electron chi connectivity index (χ3n) is 3.45. The molecule has 5 heteroatoms. The second-order valence-electron chi connectivity index (χ2n) is 4.76. The summed E-state index contributed by atoms with van der Waals surface area (Å²) >= 11 is 1.51. The smallest absolute Gasteiger partial charge is 0.253 e. The molecule has 0 saturated heterocycles. The fourth-order valence-electron chi connectivity index (χ4n) is 2.34. The predicted molar refractivity (Wildman–Crippen MR) is 83.1 cm³/mol. The van der Waals surface area contributed by atoms with Gasteiger partial charge in [-0.2, -0.15) is 16.6 Å². The van der Waals surface area contributed by atoms with E-state index in [2.05, 4.69) is 11.4 Å². The lowest BCUT2D eigenvalue weighted by atomic mass is 10.1. The average Bonchev–Trinajstić information content (AvgIpc) is 3.15. The first kappa shape index (κ1) is 13.4. The van der Waals surface area contributed by atoms with Gasteiger partial charge in [0.2, 0.25) is 0 Å². The number of aryl methyl sites for hydroxylation is 1. The molecule has 3 aromatic rings. The fraction of sp³-hybridized carbons (Fsp3) is 0.125. The van der Waals surface area contributed by atoms with Crippen molar-refractivity contribution in [2.24, 2.45) is 7.05 Å². The van der Waals surface area contributed by atoms with Gasteiger partial charge < -0.3 is 9.88 Å². The highest BCUT2D eigenvalue weighted by Gasteiger charge is 2.17. The molecule has 0 bridgehead atoms. The highest BCUT2D eigenvalue weighted by Crippen LogP contribution is 2.21.